The minimum Gasteiger partial charge on any atom is -0.341 e. The van der Waals surface area contributed by atoms with Gasteiger partial charge in [-0.25, -0.2) is 9.97 Å². The lowest BCUT2D eigenvalue weighted by molar-refractivity contribution is 0.637. The molecular formula is C10H14IN3. The molecule has 1 aromatic rings. The summed E-state index contributed by atoms with van der Waals surface area (Å²) >= 11 is 2.22. The molecule has 1 aliphatic carbocycles. The Morgan fingerprint density at radius 3 is 2.79 bits per heavy atom. The van der Waals surface area contributed by atoms with Crippen LogP contribution in [0.5, 0.6) is 0 Å². The van der Waals surface area contributed by atoms with E-state index in [9.17, 15) is 0 Å². The zero-order valence-corrected chi connectivity index (χ0v) is 10.4. The summed E-state index contributed by atoms with van der Waals surface area (Å²) in [7, 11) is 2.10. The lowest BCUT2D eigenvalue weighted by Crippen LogP contribution is -2.30. The predicted molar refractivity (Wildman–Crippen MR) is 65.4 cm³/mol. The van der Waals surface area contributed by atoms with E-state index in [1.807, 2.05) is 12.3 Å². The van der Waals surface area contributed by atoms with Gasteiger partial charge in [0.05, 0.1) is 0 Å². The predicted octanol–water partition coefficient (Wildman–Crippen LogP) is 2.46. The zero-order chi connectivity index (χ0) is 9.97. The van der Waals surface area contributed by atoms with Gasteiger partial charge in [0.15, 0.2) is 0 Å². The van der Waals surface area contributed by atoms with Crippen molar-refractivity contribution in [3.63, 3.8) is 0 Å². The van der Waals surface area contributed by atoms with E-state index in [-0.39, 0.29) is 0 Å². The van der Waals surface area contributed by atoms with Crippen LogP contribution in [0, 0.1) is 3.70 Å². The van der Waals surface area contributed by atoms with Crippen molar-refractivity contribution in [2.24, 2.45) is 0 Å². The molecular weight excluding hydrogens is 289 g/mol. The van der Waals surface area contributed by atoms with E-state index >= 15 is 0 Å². The fourth-order valence-electron chi connectivity index (χ4n) is 1.95. The van der Waals surface area contributed by atoms with Crippen LogP contribution >= 0.6 is 22.6 Å². The average molecular weight is 303 g/mol. The lowest BCUT2D eigenvalue weighted by Gasteiger charge is -2.23. The van der Waals surface area contributed by atoms with Gasteiger partial charge >= 0.3 is 0 Å². The smallest absolute Gasteiger partial charge is 0.226 e. The Morgan fingerprint density at radius 2 is 2.14 bits per heavy atom. The molecule has 0 saturated heterocycles. The van der Waals surface area contributed by atoms with Crippen LogP contribution in [-0.4, -0.2) is 23.1 Å². The zero-order valence-electron chi connectivity index (χ0n) is 8.28. The van der Waals surface area contributed by atoms with E-state index in [1.54, 1.807) is 0 Å². The van der Waals surface area contributed by atoms with Crippen LogP contribution in [-0.2, 0) is 0 Å². The topological polar surface area (TPSA) is 29.0 Å². The Kier molecular flexibility index (Phi) is 3.20. The van der Waals surface area contributed by atoms with Crippen LogP contribution in [0.15, 0.2) is 12.3 Å². The second-order valence-electron chi connectivity index (χ2n) is 3.73. The van der Waals surface area contributed by atoms with E-state index in [1.165, 1.54) is 25.7 Å². The number of halogens is 1. The molecule has 0 aromatic carbocycles. The maximum atomic E-state index is 4.42. The summed E-state index contributed by atoms with van der Waals surface area (Å²) in [6.07, 6.45) is 7.09. The summed E-state index contributed by atoms with van der Waals surface area (Å²) < 4.78 is 1.01. The van der Waals surface area contributed by atoms with Crippen molar-refractivity contribution in [1.82, 2.24) is 9.97 Å². The summed E-state index contributed by atoms with van der Waals surface area (Å²) in [5.41, 5.74) is 0. The molecule has 0 atom stereocenters. The van der Waals surface area contributed by atoms with Crippen LogP contribution < -0.4 is 4.90 Å². The molecule has 0 amide bonds. The van der Waals surface area contributed by atoms with Crippen molar-refractivity contribution >= 4 is 28.5 Å². The van der Waals surface area contributed by atoms with Crippen LogP contribution in [0.1, 0.15) is 25.7 Å². The third kappa shape index (κ3) is 2.16. The third-order valence-corrected chi connectivity index (χ3v) is 3.40. The molecule has 2 rings (SSSR count). The monoisotopic (exact) mass is 303 g/mol. The maximum absolute atomic E-state index is 4.42. The number of anilines is 1. The number of nitrogens with zero attached hydrogens (tertiary/aromatic N) is 3. The molecule has 1 saturated carbocycles. The van der Waals surface area contributed by atoms with Crippen molar-refractivity contribution in [1.29, 1.82) is 0 Å². The van der Waals surface area contributed by atoms with Gasteiger partial charge in [0.1, 0.15) is 3.70 Å². The summed E-state index contributed by atoms with van der Waals surface area (Å²) in [5.74, 6) is 0.865. The molecule has 0 radical (unpaired) electrons. The molecule has 0 N–H and O–H groups in total. The average Bonchev–Trinajstić information content (AvgIpc) is 2.69. The van der Waals surface area contributed by atoms with Crippen molar-refractivity contribution in [2.45, 2.75) is 31.7 Å². The minimum atomic E-state index is 0.646. The molecule has 0 aliphatic heterocycles. The summed E-state index contributed by atoms with van der Waals surface area (Å²) in [4.78, 5) is 10.9. The van der Waals surface area contributed by atoms with Gasteiger partial charge in [-0.1, -0.05) is 12.8 Å². The molecule has 1 aliphatic rings. The normalized spacial score (nSPS) is 17.3. The molecule has 1 aromatic heterocycles. The highest BCUT2D eigenvalue weighted by Gasteiger charge is 2.21. The maximum Gasteiger partial charge on any atom is 0.226 e. The largest absolute Gasteiger partial charge is 0.341 e. The summed E-state index contributed by atoms with van der Waals surface area (Å²) in [6.45, 7) is 0. The van der Waals surface area contributed by atoms with E-state index in [0.717, 1.165) is 9.65 Å². The van der Waals surface area contributed by atoms with Crippen molar-refractivity contribution < 1.29 is 0 Å². The SMILES string of the molecule is CN(c1nccc(I)n1)C1CCCC1. The van der Waals surface area contributed by atoms with Crippen LogP contribution in [0.25, 0.3) is 0 Å². The fraction of sp³-hybridized carbons (Fsp3) is 0.600. The number of hydrogen-bond donors (Lipinski definition) is 0. The Balaban J connectivity index is 2.13. The second kappa shape index (κ2) is 4.42. The first kappa shape index (κ1) is 10.1. The van der Waals surface area contributed by atoms with Crippen LogP contribution in [0.2, 0.25) is 0 Å². The minimum absolute atomic E-state index is 0.646. The van der Waals surface area contributed by atoms with Gasteiger partial charge in [-0.3, -0.25) is 0 Å². The molecule has 76 valence electrons. The Bertz CT molecular complexity index is 310. The Hall–Kier alpha value is -0.390. The molecule has 0 unspecified atom stereocenters. The Morgan fingerprint density at radius 1 is 1.43 bits per heavy atom. The molecule has 3 nitrogen and oxygen atoms in total. The van der Waals surface area contributed by atoms with Gasteiger partial charge < -0.3 is 4.90 Å². The molecule has 4 heteroatoms. The number of rotatable bonds is 2. The highest BCUT2D eigenvalue weighted by molar-refractivity contribution is 14.1. The third-order valence-electron chi connectivity index (χ3n) is 2.80. The number of aromatic nitrogens is 2. The van der Waals surface area contributed by atoms with Gasteiger partial charge in [-0.15, -0.1) is 0 Å². The molecule has 14 heavy (non-hydrogen) atoms. The molecule has 1 fully saturated rings. The molecule has 1 heterocycles. The highest BCUT2D eigenvalue weighted by atomic mass is 127. The lowest BCUT2D eigenvalue weighted by atomic mass is 10.2. The van der Waals surface area contributed by atoms with Crippen molar-refractivity contribution in [2.75, 3.05) is 11.9 Å². The van der Waals surface area contributed by atoms with E-state index in [2.05, 4.69) is 44.5 Å². The highest BCUT2D eigenvalue weighted by Crippen LogP contribution is 2.24. The fourth-order valence-corrected chi connectivity index (χ4v) is 2.33. The van der Waals surface area contributed by atoms with Gasteiger partial charge in [-0.05, 0) is 41.5 Å². The van der Waals surface area contributed by atoms with Gasteiger partial charge in [0.2, 0.25) is 5.95 Å². The molecule has 0 spiro atoms. The van der Waals surface area contributed by atoms with E-state index < -0.39 is 0 Å². The van der Waals surface area contributed by atoms with Crippen LogP contribution in [0.4, 0.5) is 5.95 Å². The van der Waals surface area contributed by atoms with E-state index in [0.29, 0.717) is 6.04 Å². The van der Waals surface area contributed by atoms with Crippen LogP contribution in [0.3, 0.4) is 0 Å². The summed E-state index contributed by atoms with van der Waals surface area (Å²) in [6, 6.07) is 2.57. The standard InChI is InChI=1S/C10H14IN3/c1-14(8-4-2-3-5-8)10-12-7-6-9(11)13-10/h6-8H,2-5H2,1H3. The van der Waals surface area contributed by atoms with Crippen molar-refractivity contribution in [3.8, 4) is 0 Å². The second-order valence-corrected chi connectivity index (χ2v) is 4.83. The number of hydrogen-bond acceptors (Lipinski definition) is 3. The quantitative estimate of drug-likeness (QED) is 0.621. The van der Waals surface area contributed by atoms with E-state index in [4.69, 9.17) is 0 Å². The van der Waals surface area contributed by atoms with Gasteiger partial charge in [-0.2, -0.15) is 0 Å². The molecule has 0 bridgehead atoms. The van der Waals surface area contributed by atoms with Crippen molar-refractivity contribution in [3.05, 3.63) is 16.0 Å². The first-order valence-corrected chi connectivity index (χ1v) is 6.06. The van der Waals surface area contributed by atoms with Gasteiger partial charge in [0.25, 0.3) is 0 Å². The Labute approximate surface area is 98.1 Å². The van der Waals surface area contributed by atoms with Gasteiger partial charge in [0, 0.05) is 19.3 Å². The first-order valence-electron chi connectivity index (χ1n) is 4.99. The first-order chi connectivity index (χ1) is 6.77. The summed E-state index contributed by atoms with van der Waals surface area (Å²) in [5, 5.41) is 0.